The molecule has 4 unspecified atom stereocenters. The van der Waals surface area contributed by atoms with Gasteiger partial charge >= 0.3 is 0 Å². The molecule has 2 heteroatoms. The number of benzene rings is 1. The summed E-state index contributed by atoms with van der Waals surface area (Å²) in [7, 11) is 0. The fourth-order valence-electron chi connectivity index (χ4n) is 3.27. The Bertz CT molecular complexity index is 388. The van der Waals surface area contributed by atoms with Gasteiger partial charge in [-0.05, 0) is 42.6 Å². The second-order valence-electron chi connectivity index (χ2n) is 6.00. The highest BCUT2D eigenvalue weighted by Gasteiger charge is 2.31. The van der Waals surface area contributed by atoms with Gasteiger partial charge in [-0.2, -0.15) is 0 Å². The van der Waals surface area contributed by atoms with Crippen LogP contribution in [-0.4, -0.2) is 12.6 Å². The predicted octanol–water partition coefficient (Wildman–Crippen LogP) is 4.16. The highest BCUT2D eigenvalue weighted by atomic mass is 16.5. The van der Waals surface area contributed by atoms with E-state index in [1.165, 1.54) is 18.4 Å². The van der Waals surface area contributed by atoms with Gasteiger partial charge in [0.15, 0.2) is 0 Å². The van der Waals surface area contributed by atoms with Gasteiger partial charge in [-0.3, -0.25) is 4.79 Å². The van der Waals surface area contributed by atoms with E-state index in [1.54, 1.807) is 0 Å². The normalized spacial score (nSPS) is 28.6. The van der Waals surface area contributed by atoms with Crippen molar-refractivity contribution in [3.8, 4) is 0 Å². The minimum atomic E-state index is 0.118. The summed E-state index contributed by atoms with van der Waals surface area (Å²) in [5.41, 5.74) is 1.38. The van der Waals surface area contributed by atoms with Gasteiger partial charge in [0.25, 0.3) is 6.47 Å². The minimum Gasteiger partial charge on any atom is -0.464 e. The first-order chi connectivity index (χ1) is 9.20. The van der Waals surface area contributed by atoms with Gasteiger partial charge in [-0.25, -0.2) is 0 Å². The second kappa shape index (κ2) is 6.74. The van der Waals surface area contributed by atoms with Crippen LogP contribution >= 0.6 is 0 Å². The van der Waals surface area contributed by atoms with Crippen LogP contribution in [0.2, 0.25) is 0 Å². The Kier molecular flexibility index (Phi) is 5.00. The molecule has 1 aliphatic carbocycles. The van der Waals surface area contributed by atoms with Crippen LogP contribution < -0.4 is 0 Å². The van der Waals surface area contributed by atoms with Crippen LogP contribution in [0.4, 0.5) is 0 Å². The summed E-state index contributed by atoms with van der Waals surface area (Å²) in [4.78, 5) is 10.7. The summed E-state index contributed by atoms with van der Waals surface area (Å²) in [6.45, 7) is 5.15. The molecular formula is C17H24O2. The lowest BCUT2D eigenvalue weighted by atomic mass is 9.76. The predicted molar refractivity (Wildman–Crippen MR) is 76.9 cm³/mol. The molecule has 1 aliphatic rings. The number of carbonyl (C=O) groups is 1. The molecule has 0 aromatic heterocycles. The second-order valence-corrected chi connectivity index (χ2v) is 6.00. The first-order valence-corrected chi connectivity index (χ1v) is 7.34. The molecule has 1 aromatic carbocycles. The summed E-state index contributed by atoms with van der Waals surface area (Å²) in [6, 6.07) is 10.6. The Morgan fingerprint density at radius 2 is 2.05 bits per heavy atom. The van der Waals surface area contributed by atoms with E-state index in [2.05, 4.69) is 44.2 Å². The molecule has 1 aromatic rings. The van der Waals surface area contributed by atoms with E-state index in [4.69, 9.17) is 4.74 Å². The van der Waals surface area contributed by atoms with Gasteiger partial charge in [0.1, 0.15) is 6.10 Å². The fraction of sp³-hybridized carbons (Fsp3) is 0.588. The van der Waals surface area contributed by atoms with Crippen molar-refractivity contribution in [3.63, 3.8) is 0 Å². The monoisotopic (exact) mass is 260 g/mol. The van der Waals surface area contributed by atoms with Crippen LogP contribution in [0.1, 0.15) is 51.0 Å². The summed E-state index contributed by atoms with van der Waals surface area (Å²) >= 11 is 0. The van der Waals surface area contributed by atoms with Crippen molar-refractivity contribution in [1.29, 1.82) is 0 Å². The molecule has 1 fully saturated rings. The summed E-state index contributed by atoms with van der Waals surface area (Å²) in [5.74, 6) is 1.71. The van der Waals surface area contributed by atoms with Gasteiger partial charge in [-0.15, -0.1) is 0 Å². The van der Waals surface area contributed by atoms with Crippen molar-refractivity contribution < 1.29 is 9.53 Å². The third kappa shape index (κ3) is 3.82. The summed E-state index contributed by atoms with van der Waals surface area (Å²) < 4.78 is 5.32. The van der Waals surface area contributed by atoms with E-state index in [-0.39, 0.29) is 6.10 Å². The minimum absolute atomic E-state index is 0.118. The van der Waals surface area contributed by atoms with E-state index in [9.17, 15) is 4.79 Å². The number of carbonyl (C=O) groups excluding carboxylic acids is 1. The third-order valence-corrected chi connectivity index (χ3v) is 4.45. The molecule has 2 rings (SSSR count). The number of rotatable bonds is 5. The Hall–Kier alpha value is -1.31. The first kappa shape index (κ1) is 14.1. The summed E-state index contributed by atoms with van der Waals surface area (Å²) in [5, 5.41) is 0. The Balaban J connectivity index is 1.98. The van der Waals surface area contributed by atoms with Crippen molar-refractivity contribution in [2.75, 3.05) is 0 Å². The number of hydrogen-bond donors (Lipinski definition) is 0. The number of ether oxygens (including phenoxy) is 1. The largest absolute Gasteiger partial charge is 0.464 e. The highest BCUT2D eigenvalue weighted by molar-refractivity contribution is 5.37. The van der Waals surface area contributed by atoms with Crippen LogP contribution in [0, 0.1) is 11.8 Å². The maximum absolute atomic E-state index is 10.7. The number of hydrogen-bond acceptors (Lipinski definition) is 2. The zero-order chi connectivity index (χ0) is 13.7. The van der Waals surface area contributed by atoms with Gasteiger partial charge in [0.2, 0.25) is 0 Å². The molecule has 4 atom stereocenters. The molecule has 0 amide bonds. The quantitative estimate of drug-likeness (QED) is 0.743. The first-order valence-electron chi connectivity index (χ1n) is 7.34. The van der Waals surface area contributed by atoms with Crippen LogP contribution in [0.15, 0.2) is 30.3 Å². The lowest BCUT2D eigenvalue weighted by molar-refractivity contribution is -0.139. The molecule has 0 spiro atoms. The van der Waals surface area contributed by atoms with Crippen LogP contribution in [0.3, 0.4) is 0 Å². The third-order valence-electron chi connectivity index (χ3n) is 4.45. The Labute approximate surface area is 116 Å². The van der Waals surface area contributed by atoms with Gasteiger partial charge < -0.3 is 4.74 Å². The van der Waals surface area contributed by atoms with Gasteiger partial charge in [0, 0.05) is 0 Å². The molecule has 0 saturated heterocycles. The van der Waals surface area contributed by atoms with E-state index in [0.29, 0.717) is 24.2 Å². The topological polar surface area (TPSA) is 26.3 Å². The summed E-state index contributed by atoms with van der Waals surface area (Å²) in [6.07, 6.45) is 4.68. The van der Waals surface area contributed by atoms with Crippen molar-refractivity contribution in [2.45, 2.75) is 51.6 Å². The zero-order valence-electron chi connectivity index (χ0n) is 11.9. The van der Waals surface area contributed by atoms with Crippen molar-refractivity contribution in [1.82, 2.24) is 0 Å². The highest BCUT2D eigenvalue weighted by Crippen LogP contribution is 2.36. The maximum atomic E-state index is 10.7. The molecule has 0 N–H and O–H groups in total. The fourth-order valence-corrected chi connectivity index (χ4v) is 3.27. The van der Waals surface area contributed by atoms with Crippen LogP contribution in [0.5, 0.6) is 0 Å². The smallest absolute Gasteiger partial charge is 0.293 e. The van der Waals surface area contributed by atoms with E-state index < -0.39 is 0 Å². The molecule has 19 heavy (non-hydrogen) atoms. The molecular weight excluding hydrogens is 236 g/mol. The van der Waals surface area contributed by atoms with Crippen molar-refractivity contribution in [3.05, 3.63) is 35.9 Å². The molecule has 1 saturated carbocycles. The Morgan fingerprint density at radius 1 is 1.32 bits per heavy atom. The molecule has 0 radical (unpaired) electrons. The molecule has 104 valence electrons. The average molecular weight is 260 g/mol. The van der Waals surface area contributed by atoms with Gasteiger partial charge in [0.05, 0.1) is 0 Å². The average Bonchev–Trinajstić information content (AvgIpc) is 2.43. The van der Waals surface area contributed by atoms with Crippen LogP contribution in [0.25, 0.3) is 0 Å². The maximum Gasteiger partial charge on any atom is 0.293 e. The standard InChI is InChI=1S/C17H24O2/c1-13-8-9-16(17(10-13)19-12-18)11-14(2)15-6-4-3-5-7-15/h3-7,12-14,16-17H,8-11H2,1-2H3. The zero-order valence-corrected chi connectivity index (χ0v) is 11.9. The Morgan fingerprint density at radius 3 is 2.74 bits per heavy atom. The molecule has 0 bridgehead atoms. The van der Waals surface area contributed by atoms with Crippen molar-refractivity contribution >= 4 is 6.47 Å². The molecule has 0 aliphatic heterocycles. The lowest BCUT2D eigenvalue weighted by Crippen LogP contribution is -2.31. The lowest BCUT2D eigenvalue weighted by Gasteiger charge is -2.35. The van der Waals surface area contributed by atoms with Gasteiger partial charge in [-0.1, -0.05) is 50.6 Å². The van der Waals surface area contributed by atoms with E-state index >= 15 is 0 Å². The SMILES string of the molecule is CC1CCC(CC(C)c2ccccc2)C(OC=O)C1. The van der Waals surface area contributed by atoms with E-state index in [1.807, 2.05) is 0 Å². The molecule has 0 heterocycles. The van der Waals surface area contributed by atoms with Crippen molar-refractivity contribution in [2.24, 2.45) is 11.8 Å². The molecule has 2 nitrogen and oxygen atoms in total. The van der Waals surface area contributed by atoms with E-state index in [0.717, 1.165) is 12.8 Å². The van der Waals surface area contributed by atoms with Crippen LogP contribution in [-0.2, 0) is 9.53 Å².